The number of hydrogen-bond donors (Lipinski definition) is 0. The molecule has 20 heavy (non-hydrogen) atoms. The first-order chi connectivity index (χ1) is 9.00. The molecule has 4 nitrogen and oxygen atoms in total. The predicted molar refractivity (Wildman–Crippen MR) is 83.1 cm³/mol. The predicted octanol–water partition coefficient (Wildman–Crippen LogP) is 3.88. The van der Waals surface area contributed by atoms with Crippen molar-refractivity contribution in [3.63, 3.8) is 0 Å². The summed E-state index contributed by atoms with van der Waals surface area (Å²) in [5, 5.41) is 0. The fraction of sp³-hybridized carbons (Fsp3) is 0.538. The van der Waals surface area contributed by atoms with E-state index in [1.165, 1.54) is 6.07 Å². The van der Waals surface area contributed by atoms with Crippen LogP contribution in [0.2, 0.25) is 0 Å². The molecule has 0 N–H and O–H groups in total. The molecule has 0 aliphatic heterocycles. The van der Waals surface area contributed by atoms with E-state index < -0.39 is 9.05 Å². The molecule has 114 valence electrons. The maximum atomic E-state index is 11.6. The molecule has 0 fully saturated rings. The second-order valence-corrected chi connectivity index (χ2v) is 8.75. The summed E-state index contributed by atoms with van der Waals surface area (Å²) in [6.07, 6.45) is 0. The molecule has 1 rings (SSSR count). The molecule has 0 unspecified atom stereocenters. The zero-order valence-corrected chi connectivity index (χ0v) is 15.0. The van der Waals surface area contributed by atoms with Gasteiger partial charge in [0.1, 0.15) is 17.3 Å². The SMILES string of the molecule is Cc1cc(Br)cc(S(=O)(=O)Cl)c1OCCOC(C)(C)C. The van der Waals surface area contributed by atoms with Crippen LogP contribution in [0, 0.1) is 6.92 Å². The van der Waals surface area contributed by atoms with Gasteiger partial charge >= 0.3 is 0 Å². The van der Waals surface area contributed by atoms with Crippen molar-refractivity contribution in [1.29, 1.82) is 0 Å². The van der Waals surface area contributed by atoms with Gasteiger partial charge in [-0.05, 0) is 45.4 Å². The molecule has 0 aromatic heterocycles. The number of hydrogen-bond acceptors (Lipinski definition) is 4. The van der Waals surface area contributed by atoms with Crippen LogP contribution in [0.3, 0.4) is 0 Å². The minimum Gasteiger partial charge on any atom is -0.489 e. The Bertz CT molecular complexity index is 579. The maximum Gasteiger partial charge on any atom is 0.265 e. The van der Waals surface area contributed by atoms with E-state index in [0.717, 1.165) is 0 Å². The normalized spacial score (nSPS) is 12.5. The van der Waals surface area contributed by atoms with Gasteiger partial charge in [0.05, 0.1) is 12.2 Å². The third-order valence-electron chi connectivity index (χ3n) is 2.33. The molecule has 0 atom stereocenters. The summed E-state index contributed by atoms with van der Waals surface area (Å²) in [4.78, 5) is -0.0400. The molecule has 1 aromatic carbocycles. The van der Waals surface area contributed by atoms with E-state index in [4.69, 9.17) is 20.2 Å². The van der Waals surface area contributed by atoms with Crippen LogP contribution in [0.5, 0.6) is 5.75 Å². The molecule has 0 bridgehead atoms. The maximum absolute atomic E-state index is 11.6. The lowest BCUT2D eigenvalue weighted by Gasteiger charge is -2.20. The minimum absolute atomic E-state index is 0.0400. The number of ether oxygens (including phenoxy) is 2. The summed E-state index contributed by atoms with van der Waals surface area (Å²) in [5.41, 5.74) is 0.425. The summed E-state index contributed by atoms with van der Waals surface area (Å²) in [6, 6.07) is 3.20. The topological polar surface area (TPSA) is 52.6 Å². The van der Waals surface area contributed by atoms with Gasteiger partial charge in [0.2, 0.25) is 0 Å². The molecule has 0 radical (unpaired) electrons. The lowest BCUT2D eigenvalue weighted by molar-refractivity contribution is -0.0166. The Morgan fingerprint density at radius 1 is 1.25 bits per heavy atom. The smallest absolute Gasteiger partial charge is 0.265 e. The number of aryl methyl sites for hydroxylation is 1. The quantitative estimate of drug-likeness (QED) is 0.570. The van der Waals surface area contributed by atoms with Gasteiger partial charge in [0.25, 0.3) is 9.05 Å². The lowest BCUT2D eigenvalue weighted by Crippen LogP contribution is -2.22. The Balaban J connectivity index is 2.90. The molecule has 0 heterocycles. The van der Waals surface area contributed by atoms with Crippen LogP contribution in [0.15, 0.2) is 21.5 Å². The molecule has 0 aliphatic rings. The second kappa shape index (κ2) is 6.64. The van der Waals surface area contributed by atoms with Crippen molar-refractivity contribution in [2.75, 3.05) is 13.2 Å². The van der Waals surface area contributed by atoms with E-state index in [2.05, 4.69) is 15.9 Å². The third-order valence-corrected chi connectivity index (χ3v) is 4.12. The van der Waals surface area contributed by atoms with Crippen molar-refractivity contribution in [3.8, 4) is 5.75 Å². The van der Waals surface area contributed by atoms with Crippen LogP contribution in [-0.2, 0) is 13.8 Å². The van der Waals surface area contributed by atoms with Crippen LogP contribution in [0.4, 0.5) is 0 Å². The molecule has 0 amide bonds. The van der Waals surface area contributed by atoms with Crippen LogP contribution in [-0.4, -0.2) is 27.2 Å². The summed E-state index contributed by atoms with van der Waals surface area (Å²) in [7, 11) is 1.57. The van der Waals surface area contributed by atoms with Crippen molar-refractivity contribution < 1.29 is 17.9 Å². The Labute approximate surface area is 133 Å². The molecular weight excluding hydrogens is 368 g/mol. The highest BCUT2D eigenvalue weighted by atomic mass is 79.9. The zero-order chi connectivity index (χ0) is 15.6. The highest BCUT2D eigenvalue weighted by Crippen LogP contribution is 2.33. The van der Waals surface area contributed by atoms with E-state index in [0.29, 0.717) is 16.6 Å². The first-order valence-corrected chi connectivity index (χ1v) is 9.12. The third kappa shape index (κ3) is 5.60. The monoisotopic (exact) mass is 384 g/mol. The van der Waals surface area contributed by atoms with Gasteiger partial charge in [-0.3, -0.25) is 0 Å². The van der Waals surface area contributed by atoms with Crippen molar-refractivity contribution in [1.82, 2.24) is 0 Å². The van der Waals surface area contributed by atoms with Crippen molar-refractivity contribution in [2.24, 2.45) is 0 Å². The van der Waals surface area contributed by atoms with E-state index in [1.807, 2.05) is 20.8 Å². The van der Waals surface area contributed by atoms with E-state index in [-0.39, 0.29) is 22.9 Å². The van der Waals surface area contributed by atoms with Crippen molar-refractivity contribution >= 4 is 35.7 Å². The van der Waals surface area contributed by atoms with Crippen molar-refractivity contribution in [2.45, 2.75) is 38.2 Å². The van der Waals surface area contributed by atoms with E-state index in [9.17, 15) is 8.42 Å². The van der Waals surface area contributed by atoms with Crippen LogP contribution >= 0.6 is 26.6 Å². The van der Waals surface area contributed by atoms with Gasteiger partial charge in [-0.25, -0.2) is 8.42 Å². The van der Waals surface area contributed by atoms with Gasteiger partial charge in [-0.15, -0.1) is 0 Å². The van der Waals surface area contributed by atoms with Crippen LogP contribution < -0.4 is 4.74 Å². The summed E-state index contributed by atoms with van der Waals surface area (Å²) < 4.78 is 34.9. The Morgan fingerprint density at radius 2 is 1.85 bits per heavy atom. The summed E-state index contributed by atoms with van der Waals surface area (Å²) >= 11 is 3.24. The number of benzene rings is 1. The fourth-order valence-electron chi connectivity index (χ4n) is 1.56. The molecule has 0 saturated carbocycles. The first-order valence-electron chi connectivity index (χ1n) is 6.02. The first kappa shape index (κ1) is 17.8. The van der Waals surface area contributed by atoms with Crippen LogP contribution in [0.25, 0.3) is 0 Å². The van der Waals surface area contributed by atoms with E-state index in [1.54, 1.807) is 13.0 Å². The van der Waals surface area contributed by atoms with Crippen LogP contribution in [0.1, 0.15) is 26.3 Å². The highest BCUT2D eigenvalue weighted by molar-refractivity contribution is 9.10. The molecule has 7 heteroatoms. The van der Waals surface area contributed by atoms with Gasteiger partial charge in [-0.2, -0.15) is 0 Å². The molecule has 0 aliphatic carbocycles. The standard InChI is InChI=1S/C13H18BrClO4S/c1-9-7-10(14)8-11(20(15,16)17)12(9)18-5-6-19-13(2,3)4/h7-8H,5-6H2,1-4H3. The molecule has 1 aromatic rings. The lowest BCUT2D eigenvalue weighted by atomic mass is 10.2. The van der Waals surface area contributed by atoms with Gasteiger partial charge in [0.15, 0.2) is 0 Å². The Morgan fingerprint density at radius 3 is 2.35 bits per heavy atom. The second-order valence-electron chi connectivity index (χ2n) is 5.30. The highest BCUT2D eigenvalue weighted by Gasteiger charge is 2.20. The summed E-state index contributed by atoms with van der Waals surface area (Å²) in [6.45, 7) is 8.18. The largest absolute Gasteiger partial charge is 0.489 e. The van der Waals surface area contributed by atoms with Crippen molar-refractivity contribution in [3.05, 3.63) is 22.2 Å². The Hall–Kier alpha value is -0.300. The van der Waals surface area contributed by atoms with Gasteiger partial charge in [-0.1, -0.05) is 15.9 Å². The molecular formula is C13H18BrClO4S. The van der Waals surface area contributed by atoms with Gasteiger partial charge in [0, 0.05) is 15.2 Å². The Kier molecular flexibility index (Phi) is 5.89. The zero-order valence-electron chi connectivity index (χ0n) is 11.9. The van der Waals surface area contributed by atoms with E-state index >= 15 is 0 Å². The minimum atomic E-state index is -3.87. The number of rotatable bonds is 5. The fourth-order valence-corrected chi connectivity index (χ4v) is 3.33. The number of halogens is 2. The average Bonchev–Trinajstić information content (AvgIpc) is 2.23. The molecule has 0 spiro atoms. The average molecular weight is 386 g/mol. The van der Waals surface area contributed by atoms with Gasteiger partial charge < -0.3 is 9.47 Å². The molecule has 0 saturated heterocycles. The summed E-state index contributed by atoms with van der Waals surface area (Å²) in [5.74, 6) is 0.265.